The van der Waals surface area contributed by atoms with Gasteiger partial charge in [0.05, 0.1) is 10.2 Å². The van der Waals surface area contributed by atoms with Crippen molar-refractivity contribution in [1.29, 1.82) is 0 Å². The summed E-state index contributed by atoms with van der Waals surface area (Å²) >= 11 is 1.40. The van der Waals surface area contributed by atoms with Crippen LogP contribution in [0.4, 0.5) is 20.0 Å². The van der Waals surface area contributed by atoms with Crippen molar-refractivity contribution in [3.63, 3.8) is 0 Å². The number of carbonyl (C=O) groups excluding carboxylic acids is 2. The lowest BCUT2D eigenvalue weighted by atomic mass is 10.2. The number of benzene rings is 2. The van der Waals surface area contributed by atoms with Crippen LogP contribution < -0.4 is 10.2 Å². The molecule has 0 radical (unpaired) electrons. The van der Waals surface area contributed by atoms with Crippen molar-refractivity contribution in [3.05, 3.63) is 53.8 Å². The molecule has 0 aliphatic carbocycles. The Balaban J connectivity index is 1.41. The highest BCUT2D eigenvalue weighted by atomic mass is 32.1. The van der Waals surface area contributed by atoms with Crippen LogP contribution in [-0.2, 0) is 4.79 Å². The SMILES string of the molecule is Cc1cccc2sc(NC(=O)CN3CCN(c4ccc(F)cc4)C3=O)nc12. The van der Waals surface area contributed by atoms with Crippen molar-refractivity contribution >= 4 is 44.3 Å². The molecule has 3 aromatic rings. The predicted octanol–water partition coefficient (Wildman–Crippen LogP) is 3.62. The third-order valence-electron chi connectivity index (χ3n) is 4.43. The Kier molecular flexibility index (Phi) is 4.49. The summed E-state index contributed by atoms with van der Waals surface area (Å²) in [7, 11) is 0. The molecule has 1 aliphatic heterocycles. The lowest BCUT2D eigenvalue weighted by Gasteiger charge is -2.18. The molecular formula is C19H17FN4O2S. The van der Waals surface area contributed by atoms with E-state index in [1.54, 1.807) is 12.1 Å². The van der Waals surface area contributed by atoms with E-state index >= 15 is 0 Å². The molecule has 0 spiro atoms. The van der Waals surface area contributed by atoms with E-state index in [1.165, 1.54) is 33.3 Å². The molecule has 6 nitrogen and oxygen atoms in total. The molecule has 2 heterocycles. The van der Waals surface area contributed by atoms with Crippen molar-refractivity contribution < 1.29 is 14.0 Å². The van der Waals surface area contributed by atoms with Gasteiger partial charge in [-0.2, -0.15) is 0 Å². The highest BCUT2D eigenvalue weighted by Gasteiger charge is 2.31. The first kappa shape index (κ1) is 17.4. The summed E-state index contributed by atoms with van der Waals surface area (Å²) in [6, 6.07) is 11.4. The largest absolute Gasteiger partial charge is 0.325 e. The van der Waals surface area contributed by atoms with Crippen LogP contribution in [0.25, 0.3) is 10.2 Å². The standard InChI is InChI=1S/C19H17FN4O2S/c1-12-3-2-4-15-17(12)22-18(27-15)21-16(25)11-23-9-10-24(19(23)26)14-7-5-13(20)6-8-14/h2-8H,9-11H2,1H3,(H,21,22,25). The van der Waals surface area contributed by atoms with Crippen LogP contribution >= 0.6 is 11.3 Å². The van der Waals surface area contributed by atoms with Gasteiger partial charge in [-0.15, -0.1) is 0 Å². The maximum absolute atomic E-state index is 13.1. The molecule has 1 N–H and O–H groups in total. The van der Waals surface area contributed by atoms with Crippen molar-refractivity contribution in [2.45, 2.75) is 6.92 Å². The van der Waals surface area contributed by atoms with E-state index in [0.717, 1.165) is 15.8 Å². The Morgan fingerprint density at radius 2 is 2.00 bits per heavy atom. The van der Waals surface area contributed by atoms with Crippen molar-refractivity contribution in [3.8, 4) is 0 Å². The van der Waals surface area contributed by atoms with Crippen LogP contribution in [0.5, 0.6) is 0 Å². The third kappa shape index (κ3) is 3.48. The third-order valence-corrected chi connectivity index (χ3v) is 5.37. The van der Waals surface area contributed by atoms with Crippen LogP contribution in [0.1, 0.15) is 5.56 Å². The Morgan fingerprint density at radius 1 is 1.22 bits per heavy atom. The molecule has 1 aliphatic rings. The molecule has 138 valence electrons. The monoisotopic (exact) mass is 384 g/mol. The second kappa shape index (κ2) is 6.96. The second-order valence-electron chi connectivity index (χ2n) is 6.32. The van der Waals surface area contributed by atoms with Gasteiger partial charge < -0.3 is 10.2 Å². The predicted molar refractivity (Wildman–Crippen MR) is 104 cm³/mol. The van der Waals surface area contributed by atoms with E-state index < -0.39 is 0 Å². The normalized spacial score (nSPS) is 14.2. The minimum atomic E-state index is -0.354. The number of para-hydroxylation sites is 1. The molecule has 1 saturated heterocycles. The van der Waals surface area contributed by atoms with E-state index in [0.29, 0.717) is 23.9 Å². The number of thiazole rings is 1. The van der Waals surface area contributed by atoms with Gasteiger partial charge in [-0.1, -0.05) is 23.5 Å². The van der Waals surface area contributed by atoms with Gasteiger partial charge in [0.1, 0.15) is 12.4 Å². The van der Waals surface area contributed by atoms with E-state index in [2.05, 4.69) is 10.3 Å². The number of hydrogen-bond acceptors (Lipinski definition) is 4. The number of nitrogens with one attached hydrogen (secondary N) is 1. The van der Waals surface area contributed by atoms with Crippen LogP contribution in [0, 0.1) is 12.7 Å². The maximum Gasteiger partial charge on any atom is 0.325 e. The summed E-state index contributed by atoms with van der Waals surface area (Å²) in [6.45, 7) is 2.81. The molecule has 0 atom stereocenters. The zero-order valence-electron chi connectivity index (χ0n) is 14.6. The van der Waals surface area contributed by atoms with Gasteiger partial charge in [-0.25, -0.2) is 14.2 Å². The second-order valence-corrected chi connectivity index (χ2v) is 7.35. The average Bonchev–Trinajstić information content (AvgIpc) is 3.21. The van der Waals surface area contributed by atoms with Gasteiger partial charge in [0.15, 0.2) is 5.13 Å². The van der Waals surface area contributed by atoms with Gasteiger partial charge in [-0.3, -0.25) is 9.69 Å². The van der Waals surface area contributed by atoms with Gasteiger partial charge in [0, 0.05) is 18.8 Å². The van der Waals surface area contributed by atoms with E-state index in [-0.39, 0.29) is 24.3 Å². The molecule has 8 heteroatoms. The zero-order valence-corrected chi connectivity index (χ0v) is 15.4. The van der Waals surface area contributed by atoms with Crippen molar-refractivity contribution in [2.75, 3.05) is 29.9 Å². The smallest absolute Gasteiger partial charge is 0.313 e. The number of amides is 3. The highest BCUT2D eigenvalue weighted by molar-refractivity contribution is 7.22. The molecule has 0 saturated carbocycles. The number of rotatable bonds is 4. The first-order valence-electron chi connectivity index (χ1n) is 8.49. The summed E-state index contributed by atoms with van der Waals surface area (Å²) < 4.78 is 14.1. The van der Waals surface area contributed by atoms with Crippen LogP contribution in [-0.4, -0.2) is 41.5 Å². The summed E-state index contributed by atoms with van der Waals surface area (Å²) in [5.74, 6) is -0.645. The lowest BCUT2D eigenvalue weighted by molar-refractivity contribution is -0.116. The van der Waals surface area contributed by atoms with Crippen molar-refractivity contribution in [1.82, 2.24) is 9.88 Å². The Hall–Kier alpha value is -3.00. The number of aryl methyl sites for hydroxylation is 1. The van der Waals surface area contributed by atoms with Crippen molar-refractivity contribution in [2.24, 2.45) is 0 Å². The Bertz CT molecular complexity index is 1020. The van der Waals surface area contributed by atoms with Crippen LogP contribution in [0.3, 0.4) is 0 Å². The molecule has 4 rings (SSSR count). The van der Waals surface area contributed by atoms with Gasteiger partial charge >= 0.3 is 6.03 Å². The summed E-state index contributed by atoms with van der Waals surface area (Å²) in [4.78, 5) is 32.3. The molecule has 27 heavy (non-hydrogen) atoms. The first-order valence-corrected chi connectivity index (χ1v) is 9.31. The van der Waals surface area contributed by atoms with Crippen LogP contribution in [0.15, 0.2) is 42.5 Å². The van der Waals surface area contributed by atoms with Gasteiger partial charge in [0.25, 0.3) is 0 Å². The number of nitrogens with zero attached hydrogens (tertiary/aromatic N) is 3. The molecule has 3 amide bonds. The zero-order chi connectivity index (χ0) is 19.0. The fourth-order valence-electron chi connectivity index (χ4n) is 3.06. The number of halogens is 1. The number of anilines is 2. The minimum absolute atomic E-state index is 0.0502. The summed E-state index contributed by atoms with van der Waals surface area (Å²) in [5.41, 5.74) is 2.54. The molecule has 2 aromatic carbocycles. The van der Waals surface area contributed by atoms with Gasteiger partial charge in [0.2, 0.25) is 5.91 Å². The molecule has 0 unspecified atom stereocenters. The van der Waals surface area contributed by atoms with Crippen LogP contribution in [0.2, 0.25) is 0 Å². The number of hydrogen-bond donors (Lipinski definition) is 1. The molecule has 0 bridgehead atoms. The average molecular weight is 384 g/mol. The van der Waals surface area contributed by atoms with Gasteiger partial charge in [-0.05, 0) is 42.8 Å². The topological polar surface area (TPSA) is 65.5 Å². The fraction of sp³-hybridized carbons (Fsp3) is 0.211. The number of urea groups is 1. The minimum Gasteiger partial charge on any atom is -0.313 e. The Labute approximate surface area is 159 Å². The Morgan fingerprint density at radius 3 is 2.74 bits per heavy atom. The first-order chi connectivity index (χ1) is 13.0. The number of aromatic nitrogens is 1. The molecular weight excluding hydrogens is 367 g/mol. The number of carbonyl (C=O) groups is 2. The lowest BCUT2D eigenvalue weighted by Crippen LogP contribution is -2.37. The molecule has 1 fully saturated rings. The highest BCUT2D eigenvalue weighted by Crippen LogP contribution is 2.28. The van der Waals surface area contributed by atoms with E-state index in [1.807, 2.05) is 25.1 Å². The number of fused-ring (bicyclic) bond motifs is 1. The summed E-state index contributed by atoms with van der Waals surface area (Å²) in [5, 5.41) is 3.29. The summed E-state index contributed by atoms with van der Waals surface area (Å²) in [6.07, 6.45) is 0. The maximum atomic E-state index is 13.1. The fourth-order valence-corrected chi connectivity index (χ4v) is 4.02. The molecule has 1 aromatic heterocycles. The van der Waals surface area contributed by atoms with E-state index in [4.69, 9.17) is 0 Å². The quantitative estimate of drug-likeness (QED) is 0.747. The van der Waals surface area contributed by atoms with E-state index in [9.17, 15) is 14.0 Å².